The minimum atomic E-state index is -0.999. The van der Waals surface area contributed by atoms with E-state index in [1.807, 2.05) is 0 Å². The van der Waals surface area contributed by atoms with E-state index in [2.05, 4.69) is 27.4 Å². The van der Waals surface area contributed by atoms with Crippen LogP contribution in [0.5, 0.6) is 0 Å². The van der Waals surface area contributed by atoms with Gasteiger partial charge in [-0.15, -0.1) is 0 Å². The van der Waals surface area contributed by atoms with Crippen LogP contribution in [-0.4, -0.2) is 12.1 Å². The van der Waals surface area contributed by atoms with Crippen molar-refractivity contribution in [2.45, 2.75) is 46.1 Å². The third-order valence-corrected chi connectivity index (χ3v) is 3.44. The molecule has 2 nitrogen and oxygen atoms in total. The molecule has 1 aliphatic rings. The maximum absolute atomic E-state index is 12.6. The van der Waals surface area contributed by atoms with Crippen LogP contribution >= 0.6 is 0 Å². The van der Waals surface area contributed by atoms with Gasteiger partial charge in [0.2, 0.25) is 5.83 Å². The maximum atomic E-state index is 12.6. The zero-order valence-corrected chi connectivity index (χ0v) is 10.3. The van der Waals surface area contributed by atoms with E-state index < -0.39 is 11.8 Å². The third-order valence-electron chi connectivity index (χ3n) is 3.44. The van der Waals surface area contributed by atoms with Crippen molar-refractivity contribution in [3.05, 3.63) is 12.4 Å². The summed E-state index contributed by atoms with van der Waals surface area (Å²) in [6.45, 7) is 9.34. The van der Waals surface area contributed by atoms with Crippen molar-refractivity contribution < 1.29 is 13.9 Å². The minimum absolute atomic E-state index is 0.149. The van der Waals surface area contributed by atoms with Gasteiger partial charge >= 0.3 is 5.97 Å². The lowest BCUT2D eigenvalue weighted by Crippen LogP contribution is -2.35. The van der Waals surface area contributed by atoms with Crippen LogP contribution in [0.3, 0.4) is 0 Å². The summed E-state index contributed by atoms with van der Waals surface area (Å²) >= 11 is 0. The van der Waals surface area contributed by atoms with Crippen molar-refractivity contribution >= 4 is 5.97 Å². The zero-order chi connectivity index (χ0) is 12.3. The maximum Gasteiger partial charge on any atom is 0.366 e. The standard InChI is InChI=1S/C13H21FO2/c1-8(2)11-6-5-9(3)7-12(11)16-13(15)10(4)14/h8-9,11-12H,4-7H2,1-3H3/t9-,11+,12-/m1/s1. The lowest BCUT2D eigenvalue weighted by Gasteiger charge is -2.36. The highest BCUT2D eigenvalue weighted by Gasteiger charge is 2.33. The summed E-state index contributed by atoms with van der Waals surface area (Å²) in [5.74, 6) is -0.552. The Morgan fingerprint density at radius 3 is 2.56 bits per heavy atom. The van der Waals surface area contributed by atoms with Gasteiger partial charge in [-0.2, -0.15) is 4.39 Å². The van der Waals surface area contributed by atoms with E-state index in [9.17, 15) is 9.18 Å². The molecule has 1 fully saturated rings. The van der Waals surface area contributed by atoms with Gasteiger partial charge in [0.25, 0.3) is 0 Å². The number of hydrogen-bond donors (Lipinski definition) is 0. The summed E-state index contributed by atoms with van der Waals surface area (Å²) in [7, 11) is 0. The summed E-state index contributed by atoms with van der Waals surface area (Å²) < 4.78 is 17.8. The largest absolute Gasteiger partial charge is 0.457 e. The second kappa shape index (κ2) is 5.46. The lowest BCUT2D eigenvalue weighted by atomic mass is 9.75. The van der Waals surface area contributed by atoms with Crippen molar-refractivity contribution in [3.63, 3.8) is 0 Å². The highest BCUT2D eigenvalue weighted by Crippen LogP contribution is 2.35. The number of halogens is 1. The molecule has 0 bridgehead atoms. The van der Waals surface area contributed by atoms with Crippen molar-refractivity contribution in [2.24, 2.45) is 17.8 Å². The van der Waals surface area contributed by atoms with Gasteiger partial charge in [-0.1, -0.05) is 33.8 Å². The summed E-state index contributed by atoms with van der Waals surface area (Å²) in [6, 6.07) is 0. The summed E-state index contributed by atoms with van der Waals surface area (Å²) in [5.41, 5.74) is 0. The van der Waals surface area contributed by atoms with Gasteiger partial charge in [0.15, 0.2) is 0 Å². The van der Waals surface area contributed by atoms with Crippen LogP contribution in [-0.2, 0) is 9.53 Å². The molecule has 0 aliphatic heterocycles. The number of carbonyl (C=O) groups excluding carboxylic acids is 1. The van der Waals surface area contributed by atoms with Crippen molar-refractivity contribution in [3.8, 4) is 0 Å². The molecular formula is C13H21FO2. The molecule has 0 spiro atoms. The number of carbonyl (C=O) groups is 1. The molecule has 0 unspecified atom stereocenters. The van der Waals surface area contributed by atoms with E-state index in [-0.39, 0.29) is 6.10 Å². The van der Waals surface area contributed by atoms with Gasteiger partial charge in [0, 0.05) is 0 Å². The third kappa shape index (κ3) is 3.32. The molecule has 3 heteroatoms. The van der Waals surface area contributed by atoms with Gasteiger partial charge in [0.05, 0.1) is 0 Å². The molecule has 0 N–H and O–H groups in total. The van der Waals surface area contributed by atoms with Gasteiger partial charge in [0.1, 0.15) is 6.10 Å². The second-order valence-electron chi connectivity index (χ2n) is 5.17. The smallest absolute Gasteiger partial charge is 0.366 e. The lowest BCUT2D eigenvalue weighted by molar-refractivity contribution is -0.152. The molecule has 0 saturated heterocycles. The molecule has 92 valence electrons. The van der Waals surface area contributed by atoms with Crippen molar-refractivity contribution in [2.75, 3.05) is 0 Å². The van der Waals surface area contributed by atoms with E-state index in [4.69, 9.17) is 4.74 Å². The van der Waals surface area contributed by atoms with E-state index in [1.165, 1.54) is 0 Å². The molecule has 0 aromatic carbocycles. The summed E-state index contributed by atoms with van der Waals surface area (Å²) in [4.78, 5) is 11.2. The van der Waals surface area contributed by atoms with Crippen molar-refractivity contribution in [1.82, 2.24) is 0 Å². The average Bonchev–Trinajstić information content (AvgIpc) is 2.16. The van der Waals surface area contributed by atoms with Crippen LogP contribution in [0.1, 0.15) is 40.0 Å². The molecule has 16 heavy (non-hydrogen) atoms. The van der Waals surface area contributed by atoms with E-state index in [0.29, 0.717) is 17.8 Å². The van der Waals surface area contributed by atoms with Crippen LogP contribution < -0.4 is 0 Å². The Morgan fingerprint density at radius 2 is 2.06 bits per heavy atom. The molecule has 1 saturated carbocycles. The molecule has 1 aliphatic carbocycles. The Labute approximate surface area is 96.9 Å². The molecule has 0 aromatic rings. The first-order valence-electron chi connectivity index (χ1n) is 5.97. The topological polar surface area (TPSA) is 26.3 Å². The first kappa shape index (κ1) is 13.2. The monoisotopic (exact) mass is 228 g/mol. The Morgan fingerprint density at radius 1 is 1.44 bits per heavy atom. The van der Waals surface area contributed by atoms with E-state index in [0.717, 1.165) is 19.3 Å². The van der Waals surface area contributed by atoms with Gasteiger partial charge < -0.3 is 4.74 Å². The van der Waals surface area contributed by atoms with Gasteiger partial charge in [-0.05, 0) is 30.6 Å². The second-order valence-corrected chi connectivity index (χ2v) is 5.17. The number of esters is 1. The van der Waals surface area contributed by atoms with Crippen LogP contribution in [0.2, 0.25) is 0 Å². The number of ether oxygens (including phenoxy) is 1. The van der Waals surface area contributed by atoms with Crippen LogP contribution in [0.25, 0.3) is 0 Å². The molecule has 3 atom stereocenters. The van der Waals surface area contributed by atoms with Crippen molar-refractivity contribution in [1.29, 1.82) is 0 Å². The Bertz CT molecular complexity index is 273. The van der Waals surface area contributed by atoms with E-state index in [1.54, 1.807) is 0 Å². The van der Waals surface area contributed by atoms with Crippen LogP contribution in [0.4, 0.5) is 4.39 Å². The van der Waals surface area contributed by atoms with Gasteiger partial charge in [-0.3, -0.25) is 0 Å². The molecule has 0 heterocycles. The highest BCUT2D eigenvalue weighted by atomic mass is 19.1. The average molecular weight is 228 g/mol. The highest BCUT2D eigenvalue weighted by molar-refractivity contribution is 5.85. The van der Waals surface area contributed by atoms with E-state index >= 15 is 0 Å². The predicted octanol–water partition coefficient (Wildman–Crippen LogP) is 3.47. The summed E-state index contributed by atoms with van der Waals surface area (Å²) in [5, 5.41) is 0. The molecule has 0 amide bonds. The number of rotatable bonds is 3. The molecular weight excluding hydrogens is 207 g/mol. The normalized spacial score (nSPS) is 30.2. The Kier molecular flexibility index (Phi) is 4.51. The molecule has 0 radical (unpaired) electrons. The van der Waals surface area contributed by atoms with Crippen LogP contribution in [0.15, 0.2) is 12.4 Å². The Balaban J connectivity index is 2.64. The molecule has 0 aromatic heterocycles. The first-order valence-corrected chi connectivity index (χ1v) is 5.97. The fourth-order valence-electron chi connectivity index (χ4n) is 2.45. The summed E-state index contributed by atoms with van der Waals surface area (Å²) in [6.07, 6.45) is 2.90. The quantitative estimate of drug-likeness (QED) is 0.546. The SMILES string of the molecule is C=C(F)C(=O)O[C@@H]1C[C@H](C)CC[C@H]1C(C)C. The minimum Gasteiger partial charge on any atom is -0.457 e. The fourth-order valence-corrected chi connectivity index (χ4v) is 2.45. The molecule has 1 rings (SSSR count). The zero-order valence-electron chi connectivity index (χ0n) is 10.3. The first-order chi connectivity index (χ1) is 7.41. The Hall–Kier alpha value is -0.860. The van der Waals surface area contributed by atoms with Crippen LogP contribution in [0, 0.1) is 17.8 Å². The fraction of sp³-hybridized carbons (Fsp3) is 0.769. The van der Waals surface area contributed by atoms with Gasteiger partial charge in [-0.25, -0.2) is 4.79 Å². The number of hydrogen-bond acceptors (Lipinski definition) is 2. The predicted molar refractivity (Wildman–Crippen MR) is 61.5 cm³/mol.